The van der Waals surface area contributed by atoms with Crippen LogP contribution in [0.15, 0.2) is 54.6 Å². The summed E-state index contributed by atoms with van der Waals surface area (Å²) < 4.78 is 6.87. The number of fused-ring (bicyclic) bond motifs is 2. The lowest BCUT2D eigenvalue weighted by molar-refractivity contribution is 0.0535. The number of cyclic esters (lactones) is 1. The van der Waals surface area contributed by atoms with Gasteiger partial charge in [0, 0.05) is 16.6 Å². The van der Waals surface area contributed by atoms with E-state index in [1.807, 2.05) is 48.0 Å². The molecule has 0 aliphatic carbocycles. The van der Waals surface area contributed by atoms with Gasteiger partial charge in [0.1, 0.15) is 11.4 Å². The maximum absolute atomic E-state index is 12.8. The SMILES string of the molecule is Cc1nn(-c2ccccc2)c2sc(C(=O)Nc3ccc4c(c3)COC4=O)cc12. The first kappa shape index (κ1) is 16.7. The smallest absolute Gasteiger partial charge is 0.338 e. The minimum Gasteiger partial charge on any atom is -0.457 e. The van der Waals surface area contributed by atoms with Crippen molar-refractivity contribution in [2.45, 2.75) is 13.5 Å². The van der Waals surface area contributed by atoms with E-state index in [1.54, 1.807) is 18.2 Å². The molecule has 0 fully saturated rings. The van der Waals surface area contributed by atoms with Crippen molar-refractivity contribution in [1.29, 1.82) is 0 Å². The largest absolute Gasteiger partial charge is 0.457 e. The van der Waals surface area contributed by atoms with Crippen LogP contribution in [-0.2, 0) is 11.3 Å². The summed E-state index contributed by atoms with van der Waals surface area (Å²) in [4.78, 5) is 25.9. The molecular formula is C21H15N3O3S. The van der Waals surface area contributed by atoms with Gasteiger partial charge >= 0.3 is 5.97 Å². The van der Waals surface area contributed by atoms with E-state index in [0.29, 0.717) is 16.1 Å². The van der Waals surface area contributed by atoms with Crippen LogP contribution in [0.3, 0.4) is 0 Å². The summed E-state index contributed by atoms with van der Waals surface area (Å²) in [5.41, 5.74) is 3.81. The molecule has 7 heteroatoms. The summed E-state index contributed by atoms with van der Waals surface area (Å²) in [6.45, 7) is 2.18. The number of para-hydroxylation sites is 1. The van der Waals surface area contributed by atoms with Crippen molar-refractivity contribution >= 4 is 39.1 Å². The first-order valence-electron chi connectivity index (χ1n) is 8.76. The quantitative estimate of drug-likeness (QED) is 0.530. The molecule has 1 aliphatic rings. The number of aromatic nitrogens is 2. The Kier molecular flexibility index (Phi) is 3.77. The number of esters is 1. The normalized spacial score (nSPS) is 12.8. The first-order valence-corrected chi connectivity index (χ1v) is 9.58. The van der Waals surface area contributed by atoms with Gasteiger partial charge in [-0.3, -0.25) is 4.79 Å². The van der Waals surface area contributed by atoms with Crippen molar-refractivity contribution in [3.8, 4) is 5.69 Å². The molecule has 1 amide bonds. The second-order valence-corrected chi connectivity index (χ2v) is 7.60. The number of anilines is 1. The Balaban J connectivity index is 1.47. The summed E-state index contributed by atoms with van der Waals surface area (Å²) in [5, 5.41) is 8.47. The minimum atomic E-state index is -0.321. The van der Waals surface area contributed by atoms with E-state index >= 15 is 0 Å². The molecule has 28 heavy (non-hydrogen) atoms. The lowest BCUT2D eigenvalue weighted by Gasteiger charge is -2.05. The van der Waals surface area contributed by atoms with Gasteiger partial charge in [0.25, 0.3) is 5.91 Å². The van der Waals surface area contributed by atoms with Gasteiger partial charge in [0.05, 0.1) is 21.8 Å². The number of benzene rings is 2. The van der Waals surface area contributed by atoms with E-state index < -0.39 is 0 Å². The molecule has 2 aromatic carbocycles. The van der Waals surface area contributed by atoms with Crippen molar-refractivity contribution in [1.82, 2.24) is 9.78 Å². The van der Waals surface area contributed by atoms with E-state index in [0.717, 1.165) is 27.2 Å². The zero-order valence-electron chi connectivity index (χ0n) is 14.9. The molecule has 4 aromatic rings. The number of hydrogen-bond donors (Lipinski definition) is 1. The zero-order chi connectivity index (χ0) is 19.3. The molecule has 0 saturated carbocycles. The van der Waals surface area contributed by atoms with Gasteiger partial charge in [0.15, 0.2) is 0 Å². The number of amides is 1. The van der Waals surface area contributed by atoms with Gasteiger partial charge in [0.2, 0.25) is 0 Å². The number of nitrogens with zero attached hydrogens (tertiary/aromatic N) is 2. The predicted molar refractivity (Wildman–Crippen MR) is 107 cm³/mol. The standard InChI is InChI=1S/C21H15N3O3S/c1-12-17-10-18(28-20(17)24(23-12)15-5-3-2-4-6-15)19(25)22-14-7-8-16-13(9-14)11-27-21(16)26/h2-10H,11H2,1H3,(H,22,25). The molecule has 0 bridgehead atoms. The molecule has 1 N–H and O–H groups in total. The molecule has 6 nitrogen and oxygen atoms in total. The highest BCUT2D eigenvalue weighted by Gasteiger charge is 2.22. The number of carbonyl (C=O) groups excluding carboxylic acids is 2. The molecular weight excluding hydrogens is 374 g/mol. The molecule has 2 aromatic heterocycles. The monoisotopic (exact) mass is 389 g/mol. The van der Waals surface area contributed by atoms with Crippen LogP contribution in [0.1, 0.15) is 31.3 Å². The molecule has 0 atom stereocenters. The third-order valence-electron chi connectivity index (χ3n) is 4.71. The van der Waals surface area contributed by atoms with E-state index in [1.165, 1.54) is 11.3 Å². The average molecular weight is 389 g/mol. The summed E-state index contributed by atoms with van der Waals surface area (Å²) >= 11 is 1.40. The van der Waals surface area contributed by atoms with E-state index in [2.05, 4.69) is 10.4 Å². The molecule has 0 saturated heterocycles. The van der Waals surface area contributed by atoms with Crippen LogP contribution in [0.2, 0.25) is 0 Å². The topological polar surface area (TPSA) is 73.2 Å². The summed E-state index contributed by atoms with van der Waals surface area (Å²) in [5.74, 6) is -0.510. The number of thiophene rings is 1. The Morgan fingerprint density at radius 1 is 1.18 bits per heavy atom. The maximum atomic E-state index is 12.8. The summed E-state index contributed by atoms with van der Waals surface area (Å²) in [7, 11) is 0. The lowest BCUT2D eigenvalue weighted by Crippen LogP contribution is -2.10. The highest BCUT2D eigenvalue weighted by Crippen LogP contribution is 2.31. The third kappa shape index (κ3) is 2.68. The van der Waals surface area contributed by atoms with Crippen LogP contribution in [-0.4, -0.2) is 21.7 Å². The Morgan fingerprint density at radius 2 is 2.00 bits per heavy atom. The molecule has 5 rings (SSSR count). The Hall–Kier alpha value is -3.45. The number of carbonyl (C=O) groups is 2. The number of nitrogens with one attached hydrogen (secondary N) is 1. The number of aryl methyl sites for hydroxylation is 1. The fraction of sp³-hybridized carbons (Fsp3) is 0.0952. The van der Waals surface area contributed by atoms with Gasteiger partial charge < -0.3 is 10.1 Å². The lowest BCUT2D eigenvalue weighted by atomic mass is 10.1. The van der Waals surface area contributed by atoms with Gasteiger partial charge in [-0.1, -0.05) is 18.2 Å². The Morgan fingerprint density at radius 3 is 2.82 bits per heavy atom. The van der Waals surface area contributed by atoms with Crippen LogP contribution in [0.4, 0.5) is 5.69 Å². The van der Waals surface area contributed by atoms with E-state index in [4.69, 9.17) is 4.74 Å². The molecule has 3 heterocycles. The highest BCUT2D eigenvalue weighted by atomic mass is 32.1. The second-order valence-electron chi connectivity index (χ2n) is 6.56. The molecule has 0 radical (unpaired) electrons. The summed E-state index contributed by atoms with van der Waals surface area (Å²) in [6, 6.07) is 16.9. The van der Waals surface area contributed by atoms with Crippen LogP contribution in [0, 0.1) is 6.92 Å². The predicted octanol–water partition coefficient (Wildman–Crippen LogP) is 4.32. The fourth-order valence-corrected chi connectivity index (χ4v) is 4.39. The Bertz CT molecular complexity index is 1240. The number of ether oxygens (including phenoxy) is 1. The second kappa shape index (κ2) is 6.31. The Labute approximate surface area is 164 Å². The van der Waals surface area contributed by atoms with Crippen LogP contribution in [0.5, 0.6) is 0 Å². The van der Waals surface area contributed by atoms with Gasteiger partial charge in [-0.25, -0.2) is 9.48 Å². The first-order chi connectivity index (χ1) is 13.6. The van der Waals surface area contributed by atoms with Gasteiger partial charge in [-0.2, -0.15) is 5.10 Å². The molecule has 138 valence electrons. The zero-order valence-corrected chi connectivity index (χ0v) is 15.7. The van der Waals surface area contributed by atoms with Gasteiger partial charge in [-0.05, 0) is 43.3 Å². The summed E-state index contributed by atoms with van der Waals surface area (Å²) in [6.07, 6.45) is 0. The van der Waals surface area contributed by atoms with Crippen molar-refractivity contribution < 1.29 is 14.3 Å². The van der Waals surface area contributed by atoms with E-state index in [-0.39, 0.29) is 18.5 Å². The third-order valence-corrected chi connectivity index (χ3v) is 5.82. The van der Waals surface area contributed by atoms with Crippen LogP contribution in [0.25, 0.3) is 15.9 Å². The highest BCUT2D eigenvalue weighted by molar-refractivity contribution is 7.20. The molecule has 0 unspecified atom stereocenters. The molecule has 1 aliphatic heterocycles. The fourth-order valence-electron chi connectivity index (χ4n) is 3.31. The van der Waals surface area contributed by atoms with Gasteiger partial charge in [-0.15, -0.1) is 11.3 Å². The van der Waals surface area contributed by atoms with E-state index in [9.17, 15) is 9.59 Å². The number of hydrogen-bond acceptors (Lipinski definition) is 5. The minimum absolute atomic E-state index is 0.189. The van der Waals surface area contributed by atoms with Crippen LogP contribution < -0.4 is 5.32 Å². The molecule has 0 spiro atoms. The van der Waals surface area contributed by atoms with Crippen molar-refractivity contribution in [3.05, 3.63) is 76.3 Å². The maximum Gasteiger partial charge on any atom is 0.338 e. The average Bonchev–Trinajstić information content (AvgIpc) is 3.38. The van der Waals surface area contributed by atoms with Crippen molar-refractivity contribution in [2.75, 3.05) is 5.32 Å². The van der Waals surface area contributed by atoms with Crippen molar-refractivity contribution in [2.24, 2.45) is 0 Å². The van der Waals surface area contributed by atoms with Crippen molar-refractivity contribution in [3.63, 3.8) is 0 Å². The van der Waals surface area contributed by atoms with Crippen LogP contribution >= 0.6 is 11.3 Å². The number of rotatable bonds is 3.